The van der Waals surface area contributed by atoms with Crippen LogP contribution in [-0.2, 0) is 9.84 Å². The Morgan fingerprint density at radius 1 is 0.923 bits per heavy atom. The molecule has 0 amide bonds. The summed E-state index contributed by atoms with van der Waals surface area (Å²) in [4.78, 5) is 1.37. The number of hydrogen-bond acceptors (Lipinski definition) is 6. The lowest BCUT2D eigenvalue weighted by molar-refractivity contribution is 0.242. The third-order valence-electron chi connectivity index (χ3n) is 3.69. The summed E-state index contributed by atoms with van der Waals surface area (Å²) in [7, 11) is -0.0407. The van der Waals surface area contributed by atoms with Crippen LogP contribution < -0.4 is 4.74 Å². The van der Waals surface area contributed by atoms with Crippen molar-refractivity contribution in [2.24, 2.45) is 0 Å². The van der Waals surface area contributed by atoms with Crippen molar-refractivity contribution in [3.8, 4) is 27.3 Å². The normalized spacial score (nSPS) is 11.7. The van der Waals surface area contributed by atoms with E-state index in [0.29, 0.717) is 4.90 Å². The Labute approximate surface area is 166 Å². The first-order chi connectivity index (χ1) is 12.3. The van der Waals surface area contributed by atoms with E-state index in [4.69, 9.17) is 17.0 Å². The molecular weight excluding hydrogens is 404 g/mol. The lowest BCUT2D eigenvalue weighted by Crippen LogP contribution is -2.05. The van der Waals surface area contributed by atoms with Gasteiger partial charge in [0.2, 0.25) is 0 Å². The molecule has 0 atom stereocenters. The zero-order chi connectivity index (χ0) is 18.9. The first-order valence-electron chi connectivity index (χ1n) is 7.96. The fourth-order valence-electron chi connectivity index (χ4n) is 2.52. The highest BCUT2D eigenvalue weighted by Gasteiger charge is 2.14. The van der Waals surface area contributed by atoms with Crippen LogP contribution in [0.15, 0.2) is 53.4 Å². The zero-order valence-corrected chi connectivity index (χ0v) is 17.8. The predicted molar refractivity (Wildman–Crippen MR) is 113 cm³/mol. The maximum atomic E-state index is 11.7. The molecular formula is C19H18O3S4. The van der Waals surface area contributed by atoms with Gasteiger partial charge in [-0.1, -0.05) is 57.2 Å². The lowest BCUT2D eigenvalue weighted by Gasteiger charge is -2.10. The predicted octanol–water partition coefficient (Wildman–Crippen LogP) is 6.06. The van der Waals surface area contributed by atoms with Gasteiger partial charge in [-0.25, -0.2) is 8.42 Å². The summed E-state index contributed by atoms with van der Waals surface area (Å²) < 4.78 is 29.8. The average Bonchev–Trinajstić information content (AvgIpc) is 2.96. The number of hydrogen-bond donors (Lipinski definition) is 0. The van der Waals surface area contributed by atoms with Gasteiger partial charge in [0.05, 0.1) is 15.9 Å². The summed E-state index contributed by atoms with van der Waals surface area (Å²) in [6, 6.07) is 14.9. The highest BCUT2D eigenvalue weighted by Crippen LogP contribution is 2.41. The highest BCUT2D eigenvalue weighted by molar-refractivity contribution is 7.90. The van der Waals surface area contributed by atoms with Gasteiger partial charge in [0.1, 0.15) is 9.57 Å². The third-order valence-corrected chi connectivity index (χ3v) is 7.89. The number of sulfone groups is 1. The van der Waals surface area contributed by atoms with Crippen LogP contribution in [0, 0.1) is 3.82 Å². The first-order valence-corrected chi connectivity index (χ1v) is 12.4. The molecule has 0 aliphatic carbocycles. The molecule has 26 heavy (non-hydrogen) atoms. The fraction of sp³-hybridized carbons (Fsp3) is 0.211. The minimum Gasteiger partial charge on any atom is -0.491 e. The Hall–Kier alpha value is -1.54. The molecule has 136 valence electrons. The largest absolute Gasteiger partial charge is 0.491 e. The summed E-state index contributed by atoms with van der Waals surface area (Å²) in [5, 5.41) is 0. The van der Waals surface area contributed by atoms with Crippen LogP contribution in [0.1, 0.15) is 13.8 Å². The Balaban J connectivity index is 2.01. The van der Waals surface area contributed by atoms with Gasteiger partial charge >= 0.3 is 0 Å². The van der Waals surface area contributed by atoms with Crippen molar-refractivity contribution < 1.29 is 13.2 Å². The van der Waals surface area contributed by atoms with Crippen LogP contribution in [0.25, 0.3) is 21.6 Å². The van der Waals surface area contributed by atoms with Crippen LogP contribution in [0.5, 0.6) is 5.75 Å². The average molecular weight is 423 g/mol. The number of rotatable bonds is 5. The molecule has 0 unspecified atom stereocenters. The molecule has 2 aromatic carbocycles. The Morgan fingerprint density at radius 3 is 2.04 bits per heavy atom. The molecule has 1 aromatic heterocycles. The van der Waals surface area contributed by atoms with Crippen molar-refractivity contribution in [2.75, 3.05) is 6.26 Å². The smallest absolute Gasteiger partial charge is 0.175 e. The van der Waals surface area contributed by atoms with Crippen molar-refractivity contribution in [3.63, 3.8) is 0 Å². The van der Waals surface area contributed by atoms with Crippen molar-refractivity contribution in [2.45, 2.75) is 24.8 Å². The summed E-state index contributed by atoms with van der Waals surface area (Å²) in [5.74, 6) is 0.827. The first kappa shape index (κ1) is 19.2. The van der Waals surface area contributed by atoms with Crippen molar-refractivity contribution in [3.05, 3.63) is 52.4 Å². The maximum Gasteiger partial charge on any atom is 0.175 e. The summed E-state index contributed by atoms with van der Waals surface area (Å²) in [6.45, 7) is 3.99. The van der Waals surface area contributed by atoms with Crippen molar-refractivity contribution >= 4 is 42.7 Å². The second-order valence-corrected chi connectivity index (χ2v) is 11.0. The second kappa shape index (κ2) is 7.60. The van der Waals surface area contributed by atoms with Gasteiger partial charge in [0.15, 0.2) is 9.84 Å². The summed E-state index contributed by atoms with van der Waals surface area (Å²) in [5.41, 5.74) is 3.01. The van der Waals surface area contributed by atoms with Gasteiger partial charge in [-0.2, -0.15) is 0 Å². The van der Waals surface area contributed by atoms with Gasteiger partial charge in [-0.05, 0) is 49.2 Å². The lowest BCUT2D eigenvalue weighted by atomic mass is 10.0. The van der Waals surface area contributed by atoms with E-state index in [0.717, 1.165) is 31.1 Å². The van der Waals surface area contributed by atoms with Gasteiger partial charge in [0, 0.05) is 11.8 Å². The molecule has 3 rings (SSSR count). The van der Waals surface area contributed by atoms with E-state index in [1.54, 1.807) is 32.8 Å². The van der Waals surface area contributed by atoms with E-state index in [1.165, 1.54) is 6.26 Å². The Morgan fingerprint density at radius 2 is 1.50 bits per heavy atom. The molecule has 0 saturated heterocycles. The quantitative estimate of drug-likeness (QED) is 0.370. The van der Waals surface area contributed by atoms with Gasteiger partial charge < -0.3 is 4.74 Å². The SMILES string of the molecule is CC(C)Oc1ccc(-c2c(-c3ccc(S(C)(=O)=O)cc3)ssc2=S)cc1. The van der Waals surface area contributed by atoms with Crippen LogP contribution in [0.3, 0.4) is 0 Å². The minimum atomic E-state index is -3.20. The highest BCUT2D eigenvalue weighted by atomic mass is 32.9. The Kier molecular flexibility index (Phi) is 5.62. The van der Waals surface area contributed by atoms with E-state index in [1.807, 2.05) is 50.2 Å². The topological polar surface area (TPSA) is 43.4 Å². The molecule has 0 aliphatic heterocycles. The molecule has 0 spiro atoms. The molecule has 7 heteroatoms. The van der Waals surface area contributed by atoms with E-state index >= 15 is 0 Å². The maximum absolute atomic E-state index is 11.7. The van der Waals surface area contributed by atoms with E-state index in [-0.39, 0.29) is 6.10 Å². The summed E-state index contributed by atoms with van der Waals surface area (Å²) in [6.07, 6.45) is 1.34. The molecule has 0 radical (unpaired) electrons. The van der Waals surface area contributed by atoms with E-state index in [9.17, 15) is 8.42 Å². The molecule has 0 fully saturated rings. The molecule has 3 nitrogen and oxygen atoms in total. The van der Waals surface area contributed by atoms with Crippen molar-refractivity contribution in [1.82, 2.24) is 0 Å². The van der Waals surface area contributed by atoms with Gasteiger partial charge in [-0.3, -0.25) is 0 Å². The zero-order valence-electron chi connectivity index (χ0n) is 14.6. The van der Waals surface area contributed by atoms with Gasteiger partial charge in [0.25, 0.3) is 0 Å². The van der Waals surface area contributed by atoms with Crippen molar-refractivity contribution in [1.29, 1.82) is 0 Å². The Bertz CT molecular complexity index is 1060. The monoisotopic (exact) mass is 422 g/mol. The summed E-state index contributed by atoms with van der Waals surface area (Å²) >= 11 is 5.54. The molecule has 1 heterocycles. The number of benzene rings is 2. The molecule has 0 bridgehead atoms. The molecule has 0 saturated carbocycles. The fourth-order valence-corrected chi connectivity index (χ4v) is 6.07. The van der Waals surface area contributed by atoms with Crippen LogP contribution in [0.4, 0.5) is 0 Å². The molecule has 0 N–H and O–H groups in total. The number of ether oxygens (including phenoxy) is 1. The van der Waals surface area contributed by atoms with Crippen LogP contribution >= 0.6 is 32.9 Å². The van der Waals surface area contributed by atoms with Crippen LogP contribution in [0.2, 0.25) is 0 Å². The van der Waals surface area contributed by atoms with E-state index < -0.39 is 9.84 Å². The molecule has 0 aliphatic rings. The second-order valence-electron chi connectivity index (χ2n) is 6.15. The minimum absolute atomic E-state index is 0.127. The molecule has 3 aromatic rings. The van der Waals surface area contributed by atoms with Gasteiger partial charge in [-0.15, -0.1) is 0 Å². The standard InChI is InChI=1S/C19H18O3S4/c1-12(2)22-15-8-4-13(5-9-15)17-18(24-25-19(17)23)14-6-10-16(11-7-14)26(3,20)21/h4-12H,1-3H3. The van der Waals surface area contributed by atoms with E-state index in [2.05, 4.69) is 0 Å². The van der Waals surface area contributed by atoms with Crippen LogP contribution in [-0.4, -0.2) is 20.8 Å². The third kappa shape index (κ3) is 4.23.